The lowest BCUT2D eigenvalue weighted by molar-refractivity contribution is -0.121. The molecule has 1 amide bonds. The molecule has 0 aliphatic carbocycles. The van der Waals surface area contributed by atoms with Crippen molar-refractivity contribution in [1.82, 2.24) is 5.32 Å². The summed E-state index contributed by atoms with van der Waals surface area (Å²) in [6.45, 7) is 2.18. The fraction of sp³-hybridized carbons (Fsp3) is 0.633. The zero-order valence-corrected chi connectivity index (χ0v) is 23.4. The lowest BCUT2D eigenvalue weighted by Crippen LogP contribution is -2.28. The van der Waals surface area contributed by atoms with Crippen molar-refractivity contribution in [3.8, 4) is 5.75 Å². The van der Waals surface area contributed by atoms with Crippen LogP contribution in [-0.4, -0.2) is 37.3 Å². The average Bonchev–Trinajstić information content (AvgIpc) is 2.87. The predicted octanol–water partition coefficient (Wildman–Crippen LogP) is 7.46. The van der Waals surface area contributed by atoms with Gasteiger partial charge in [-0.25, -0.2) is 0 Å². The Morgan fingerprint density at radius 1 is 0.838 bits per heavy atom. The molecule has 6 nitrogen and oxygen atoms in total. The largest absolute Gasteiger partial charge is 0.490 e. The minimum Gasteiger partial charge on any atom is -0.490 e. The van der Waals surface area contributed by atoms with Gasteiger partial charge in [0.05, 0.1) is 11.9 Å². The van der Waals surface area contributed by atoms with Gasteiger partial charge >= 0.3 is 0 Å². The fourth-order valence-corrected chi connectivity index (χ4v) is 5.02. The molecule has 0 fully saturated rings. The summed E-state index contributed by atoms with van der Waals surface area (Å²) in [5.74, 6) is 0.426. The number of benzene rings is 2. The van der Waals surface area contributed by atoms with Crippen molar-refractivity contribution >= 4 is 26.8 Å². The Hall–Kier alpha value is -2.12. The minimum absolute atomic E-state index is 0.0305. The van der Waals surface area contributed by atoms with Gasteiger partial charge in [0, 0.05) is 18.4 Å². The molecule has 1 atom stereocenters. The van der Waals surface area contributed by atoms with Gasteiger partial charge in [0.1, 0.15) is 5.75 Å². The van der Waals surface area contributed by atoms with Crippen molar-refractivity contribution in [2.75, 3.05) is 12.3 Å². The molecule has 1 unspecified atom stereocenters. The third-order valence-corrected chi connectivity index (χ3v) is 7.58. The molecule has 7 heteroatoms. The van der Waals surface area contributed by atoms with E-state index in [2.05, 4.69) is 54.7 Å². The summed E-state index contributed by atoms with van der Waals surface area (Å²) in [5, 5.41) is 4.95. The summed E-state index contributed by atoms with van der Waals surface area (Å²) in [7, 11) is -4.01. The zero-order valence-electron chi connectivity index (χ0n) is 22.6. The van der Waals surface area contributed by atoms with Crippen LogP contribution in [-0.2, 0) is 14.9 Å². The van der Waals surface area contributed by atoms with Gasteiger partial charge in [-0.3, -0.25) is 9.35 Å². The summed E-state index contributed by atoms with van der Waals surface area (Å²) in [5.41, 5.74) is 0. The number of unbranched alkanes of at least 4 members (excludes halogenated alkanes) is 11. The van der Waals surface area contributed by atoms with E-state index in [0.29, 0.717) is 6.42 Å². The molecule has 2 rings (SSSR count). The van der Waals surface area contributed by atoms with Crippen LogP contribution in [0.5, 0.6) is 5.75 Å². The maximum Gasteiger partial charge on any atom is 0.266 e. The molecule has 208 valence electrons. The van der Waals surface area contributed by atoms with Crippen LogP contribution in [0.1, 0.15) is 103 Å². The van der Waals surface area contributed by atoms with Crippen LogP contribution in [0.3, 0.4) is 0 Å². The Morgan fingerprint density at radius 3 is 2.03 bits per heavy atom. The molecule has 0 bridgehead atoms. The van der Waals surface area contributed by atoms with Crippen LogP contribution in [0.2, 0.25) is 0 Å². The highest BCUT2D eigenvalue weighted by atomic mass is 32.2. The van der Waals surface area contributed by atoms with Gasteiger partial charge in [-0.2, -0.15) is 8.42 Å². The number of nitrogens with one attached hydrogen (secondary N) is 1. The van der Waals surface area contributed by atoms with Crippen LogP contribution in [0.15, 0.2) is 42.5 Å². The summed E-state index contributed by atoms with van der Waals surface area (Å²) in [4.78, 5) is 11.6. The summed E-state index contributed by atoms with van der Waals surface area (Å²) < 4.78 is 36.2. The quantitative estimate of drug-likeness (QED) is 0.128. The van der Waals surface area contributed by atoms with Gasteiger partial charge in [0.25, 0.3) is 10.1 Å². The van der Waals surface area contributed by atoms with E-state index in [1.54, 1.807) is 0 Å². The Balaban J connectivity index is 1.39. The van der Waals surface area contributed by atoms with Gasteiger partial charge in [-0.1, -0.05) is 108 Å². The number of carbonyl (C=O) groups is 1. The number of fused-ring (bicyclic) bond motifs is 1. The summed E-state index contributed by atoms with van der Waals surface area (Å²) in [6.07, 6.45) is 17.3. The van der Waals surface area contributed by atoms with E-state index >= 15 is 0 Å². The lowest BCUT2D eigenvalue weighted by Gasteiger charge is -2.19. The smallest absolute Gasteiger partial charge is 0.266 e. The highest BCUT2D eigenvalue weighted by Crippen LogP contribution is 2.27. The van der Waals surface area contributed by atoms with E-state index in [4.69, 9.17) is 9.29 Å². The first-order valence-corrected chi connectivity index (χ1v) is 15.9. The highest BCUT2D eigenvalue weighted by Gasteiger charge is 2.10. The van der Waals surface area contributed by atoms with Crippen LogP contribution in [0.25, 0.3) is 10.8 Å². The summed E-state index contributed by atoms with van der Waals surface area (Å²) in [6, 6.07) is 14.7. The third kappa shape index (κ3) is 14.4. The van der Waals surface area contributed by atoms with Crippen molar-refractivity contribution < 1.29 is 22.5 Å². The minimum atomic E-state index is -4.01. The van der Waals surface area contributed by atoms with Crippen molar-refractivity contribution in [2.24, 2.45) is 0 Å². The molecule has 0 saturated heterocycles. The van der Waals surface area contributed by atoms with E-state index in [0.717, 1.165) is 37.9 Å². The van der Waals surface area contributed by atoms with E-state index in [9.17, 15) is 13.2 Å². The first kappa shape index (κ1) is 31.1. The van der Waals surface area contributed by atoms with Crippen LogP contribution < -0.4 is 10.1 Å². The number of ether oxygens (including phenoxy) is 1. The van der Waals surface area contributed by atoms with Crippen molar-refractivity contribution in [2.45, 2.75) is 109 Å². The van der Waals surface area contributed by atoms with E-state index < -0.39 is 15.9 Å². The molecule has 2 aromatic rings. The second kappa shape index (κ2) is 18.2. The van der Waals surface area contributed by atoms with Gasteiger partial charge in [0.15, 0.2) is 0 Å². The Bertz CT molecular complexity index is 1000. The molecule has 37 heavy (non-hydrogen) atoms. The van der Waals surface area contributed by atoms with Crippen molar-refractivity contribution in [3.05, 3.63) is 42.5 Å². The second-order valence-electron chi connectivity index (χ2n) is 10.0. The van der Waals surface area contributed by atoms with Gasteiger partial charge < -0.3 is 10.1 Å². The number of rotatable bonds is 21. The Labute approximate surface area is 224 Å². The second-order valence-corrected chi connectivity index (χ2v) is 11.6. The Morgan fingerprint density at radius 2 is 1.41 bits per heavy atom. The molecule has 0 aliphatic heterocycles. The first-order chi connectivity index (χ1) is 17.9. The number of carbonyl (C=O) groups excluding carboxylic acids is 1. The van der Waals surface area contributed by atoms with Crippen molar-refractivity contribution in [1.29, 1.82) is 0 Å². The standard InChI is InChI=1S/C30H47NO5S/c1-2-27(36-29-22-17-19-26-18-15-16-21-28(26)29)20-13-11-9-7-5-3-4-6-8-10-12-14-23-30(32)31-24-25-37(33,34)35/h15-19,21-22,27H,2-14,20,23-25H2,1H3,(H,31,32)(H,33,34,35). The molecule has 2 N–H and O–H groups in total. The first-order valence-electron chi connectivity index (χ1n) is 14.3. The van der Waals surface area contributed by atoms with Crippen molar-refractivity contribution in [3.63, 3.8) is 0 Å². The van der Waals surface area contributed by atoms with Crippen LogP contribution >= 0.6 is 0 Å². The molecule has 0 saturated carbocycles. The molecule has 0 aromatic heterocycles. The maximum atomic E-state index is 11.6. The molecule has 0 spiro atoms. The highest BCUT2D eigenvalue weighted by molar-refractivity contribution is 7.85. The fourth-order valence-electron chi connectivity index (χ4n) is 4.66. The van der Waals surface area contributed by atoms with E-state index in [-0.39, 0.29) is 18.6 Å². The van der Waals surface area contributed by atoms with E-state index in [1.807, 2.05) is 0 Å². The van der Waals surface area contributed by atoms with Gasteiger partial charge in [0.2, 0.25) is 5.91 Å². The summed E-state index contributed by atoms with van der Waals surface area (Å²) >= 11 is 0. The lowest BCUT2D eigenvalue weighted by atomic mass is 10.0. The predicted molar refractivity (Wildman–Crippen MR) is 153 cm³/mol. The maximum absolute atomic E-state index is 11.6. The molecule has 0 aliphatic rings. The monoisotopic (exact) mass is 533 g/mol. The molecular weight excluding hydrogens is 486 g/mol. The molecule has 0 heterocycles. The molecular formula is C30H47NO5S. The number of amides is 1. The van der Waals surface area contributed by atoms with E-state index in [1.165, 1.54) is 68.6 Å². The topological polar surface area (TPSA) is 92.7 Å². The Kier molecular flexibility index (Phi) is 15.3. The number of hydrogen-bond acceptors (Lipinski definition) is 4. The van der Waals surface area contributed by atoms with Crippen LogP contribution in [0, 0.1) is 0 Å². The average molecular weight is 534 g/mol. The normalized spacial score (nSPS) is 12.5. The van der Waals surface area contributed by atoms with Gasteiger partial charge in [-0.15, -0.1) is 0 Å². The SMILES string of the molecule is CCC(CCCCCCCCCCCCCCC(=O)NCCS(=O)(=O)O)Oc1cccc2ccccc12. The molecule has 2 aromatic carbocycles. The van der Waals surface area contributed by atoms with Crippen LogP contribution in [0.4, 0.5) is 0 Å². The number of hydrogen-bond donors (Lipinski definition) is 2. The molecule has 0 radical (unpaired) electrons. The zero-order chi connectivity index (χ0) is 26.8. The van der Waals surface area contributed by atoms with Gasteiger partial charge in [-0.05, 0) is 37.1 Å². The third-order valence-electron chi connectivity index (χ3n) is 6.86.